The van der Waals surface area contributed by atoms with Crippen molar-refractivity contribution in [2.24, 2.45) is 16.5 Å². The predicted molar refractivity (Wildman–Crippen MR) is 164 cm³/mol. The van der Waals surface area contributed by atoms with Crippen LogP contribution in [0.25, 0.3) is 10.8 Å². The number of rotatable bonds is 12. The van der Waals surface area contributed by atoms with Gasteiger partial charge in [-0.15, -0.1) is 0 Å². The van der Waals surface area contributed by atoms with Gasteiger partial charge in [0.15, 0.2) is 5.96 Å². The topological polar surface area (TPSA) is 152 Å². The fourth-order valence-electron chi connectivity index (χ4n) is 5.25. The molecule has 3 aromatic carbocycles. The van der Waals surface area contributed by atoms with Crippen LogP contribution in [0.3, 0.4) is 0 Å². The third-order valence-corrected chi connectivity index (χ3v) is 7.44. The normalized spacial score (nSPS) is 17.7. The Morgan fingerprint density at radius 2 is 1.81 bits per heavy atom. The van der Waals surface area contributed by atoms with Crippen molar-refractivity contribution in [3.8, 4) is 0 Å². The number of carbonyl (C=O) groups is 3. The lowest BCUT2D eigenvalue weighted by Crippen LogP contribution is -2.49. The number of benzene rings is 3. The summed E-state index contributed by atoms with van der Waals surface area (Å²) in [7, 11) is 0. The molecular weight excluding hydrogens is 532 g/mol. The summed E-state index contributed by atoms with van der Waals surface area (Å²) in [5, 5.41) is 8.55. The van der Waals surface area contributed by atoms with Gasteiger partial charge in [0.25, 0.3) is 5.91 Å². The Morgan fingerprint density at radius 1 is 1.07 bits per heavy atom. The quantitative estimate of drug-likeness (QED) is 0.113. The summed E-state index contributed by atoms with van der Waals surface area (Å²) < 4.78 is 5.37. The molecule has 0 aromatic heterocycles. The summed E-state index contributed by atoms with van der Waals surface area (Å²) >= 11 is 0. The van der Waals surface area contributed by atoms with Crippen LogP contribution < -0.4 is 22.1 Å². The molecule has 1 heterocycles. The number of nitrogens with one attached hydrogen (secondary N) is 2. The van der Waals surface area contributed by atoms with Crippen LogP contribution >= 0.6 is 0 Å². The van der Waals surface area contributed by atoms with Crippen LogP contribution in [0.15, 0.2) is 77.8 Å². The molecule has 42 heavy (non-hydrogen) atoms. The second-order valence-electron chi connectivity index (χ2n) is 10.4. The van der Waals surface area contributed by atoms with Crippen LogP contribution in [-0.4, -0.2) is 73.5 Å². The average Bonchev–Trinajstić information content (AvgIpc) is 3.14. The number of amides is 2. The van der Waals surface area contributed by atoms with Gasteiger partial charge in [0.2, 0.25) is 5.91 Å². The number of nitrogens with two attached hydrogens (primary N) is 2. The van der Waals surface area contributed by atoms with Gasteiger partial charge in [-0.1, -0.05) is 60.7 Å². The first-order chi connectivity index (χ1) is 20.4. The van der Waals surface area contributed by atoms with Gasteiger partial charge in [-0.05, 0) is 54.7 Å². The third-order valence-electron chi connectivity index (χ3n) is 7.44. The third kappa shape index (κ3) is 8.29. The van der Waals surface area contributed by atoms with Crippen molar-refractivity contribution < 1.29 is 19.1 Å². The largest absolute Gasteiger partial charge is 0.465 e. The minimum Gasteiger partial charge on any atom is -0.465 e. The van der Waals surface area contributed by atoms with Crippen molar-refractivity contribution in [3.05, 3.63) is 83.9 Å². The highest BCUT2D eigenvalue weighted by molar-refractivity contribution is 5.98. The fraction of sp³-hybridized carbons (Fsp3) is 0.375. The van der Waals surface area contributed by atoms with Crippen LogP contribution in [0.2, 0.25) is 0 Å². The van der Waals surface area contributed by atoms with E-state index in [0.29, 0.717) is 44.5 Å². The standard InChI is InChI=1S/C32H40N6O4/c1-2-42-31(41)27(23-10-4-3-5-11-23)21-38-18-16-26(37-28(30(38)40)13-8-17-35-32(33)34)20-36-29(39)25-15-14-22-9-6-7-12-24(22)19-25/h3-7,9-12,14-15,19,26-28,37H,2,8,13,16-18,20-21H2,1H3,(H,36,39)(H4,33,34,35)/t26-,27?,28-/m0/s1. The number of aliphatic imine (C=N–C) groups is 1. The predicted octanol–water partition coefficient (Wildman–Crippen LogP) is 2.53. The van der Waals surface area contributed by atoms with E-state index >= 15 is 0 Å². The van der Waals surface area contributed by atoms with E-state index in [0.717, 1.165) is 16.3 Å². The minimum atomic E-state index is -0.610. The zero-order valence-electron chi connectivity index (χ0n) is 24.0. The molecule has 10 nitrogen and oxygen atoms in total. The SMILES string of the molecule is CCOC(=O)C(CN1CC[C@@H](CNC(=O)c2ccc3ccccc3c2)N[C@@H](CCCN=C(N)N)C1=O)c1ccccc1. The number of hydrogen-bond acceptors (Lipinski definition) is 6. The lowest BCUT2D eigenvalue weighted by atomic mass is 9.98. The molecule has 1 unspecified atom stereocenters. The summed E-state index contributed by atoms with van der Waals surface area (Å²) in [4.78, 5) is 45.6. The lowest BCUT2D eigenvalue weighted by Gasteiger charge is -2.28. The smallest absolute Gasteiger partial charge is 0.315 e. The first kappa shape index (κ1) is 30.5. The Balaban J connectivity index is 1.47. The molecule has 0 radical (unpaired) electrons. The van der Waals surface area contributed by atoms with Gasteiger partial charge < -0.3 is 31.7 Å². The number of nitrogens with zero attached hydrogens (tertiary/aromatic N) is 2. The molecule has 6 N–H and O–H groups in total. The van der Waals surface area contributed by atoms with Crippen LogP contribution in [0.1, 0.15) is 48.0 Å². The van der Waals surface area contributed by atoms with Gasteiger partial charge in [-0.25, -0.2) is 0 Å². The lowest BCUT2D eigenvalue weighted by molar-refractivity contribution is -0.146. The molecule has 4 rings (SSSR count). The minimum absolute atomic E-state index is 0.00574. The molecule has 1 fully saturated rings. The maximum Gasteiger partial charge on any atom is 0.315 e. The zero-order valence-corrected chi connectivity index (χ0v) is 24.0. The van der Waals surface area contributed by atoms with E-state index in [1.807, 2.05) is 72.8 Å². The van der Waals surface area contributed by atoms with Crippen molar-refractivity contribution in [1.29, 1.82) is 0 Å². The van der Waals surface area contributed by atoms with Crippen molar-refractivity contribution >= 4 is 34.5 Å². The molecule has 10 heteroatoms. The van der Waals surface area contributed by atoms with Crippen molar-refractivity contribution in [2.45, 2.75) is 44.2 Å². The molecule has 1 aliphatic heterocycles. The summed E-state index contributed by atoms with van der Waals surface area (Å²) in [6.45, 7) is 3.39. The zero-order chi connectivity index (χ0) is 29.9. The average molecular weight is 573 g/mol. The number of ether oxygens (including phenoxy) is 1. The fourth-order valence-corrected chi connectivity index (χ4v) is 5.25. The number of hydrogen-bond donors (Lipinski definition) is 4. The van der Waals surface area contributed by atoms with Crippen molar-refractivity contribution in [3.63, 3.8) is 0 Å². The number of guanidine groups is 1. The van der Waals surface area contributed by atoms with Crippen molar-refractivity contribution in [2.75, 3.05) is 32.8 Å². The van der Waals surface area contributed by atoms with Crippen LogP contribution in [0, 0.1) is 0 Å². The number of carbonyl (C=O) groups excluding carboxylic acids is 3. The Bertz CT molecular complexity index is 1390. The van der Waals surface area contributed by atoms with E-state index < -0.39 is 12.0 Å². The Kier molecular flexibility index (Phi) is 10.9. The highest BCUT2D eigenvalue weighted by Gasteiger charge is 2.34. The van der Waals surface area contributed by atoms with E-state index in [9.17, 15) is 14.4 Å². The molecule has 0 spiro atoms. The van der Waals surface area contributed by atoms with Gasteiger partial charge in [0.1, 0.15) is 0 Å². The monoisotopic (exact) mass is 572 g/mol. The maximum atomic E-state index is 13.8. The summed E-state index contributed by atoms with van der Waals surface area (Å²) in [6.07, 6.45) is 1.68. The molecule has 1 saturated heterocycles. The van der Waals surface area contributed by atoms with Gasteiger partial charge in [0.05, 0.1) is 18.6 Å². The van der Waals surface area contributed by atoms with Crippen LogP contribution in [0.4, 0.5) is 0 Å². The highest BCUT2D eigenvalue weighted by atomic mass is 16.5. The van der Waals surface area contributed by atoms with Crippen LogP contribution in [-0.2, 0) is 14.3 Å². The molecule has 3 aromatic rings. The van der Waals surface area contributed by atoms with Gasteiger partial charge >= 0.3 is 5.97 Å². The molecule has 0 bridgehead atoms. The summed E-state index contributed by atoms with van der Waals surface area (Å²) in [6, 6.07) is 22.2. The second-order valence-corrected chi connectivity index (χ2v) is 10.4. The van der Waals surface area contributed by atoms with E-state index in [1.54, 1.807) is 11.8 Å². The second kappa shape index (κ2) is 15.0. The van der Waals surface area contributed by atoms with Crippen molar-refractivity contribution in [1.82, 2.24) is 15.5 Å². The molecule has 2 amide bonds. The first-order valence-corrected chi connectivity index (χ1v) is 14.4. The summed E-state index contributed by atoms with van der Waals surface area (Å²) in [5.41, 5.74) is 12.3. The molecule has 0 saturated carbocycles. The van der Waals surface area contributed by atoms with E-state index in [4.69, 9.17) is 16.2 Å². The van der Waals surface area contributed by atoms with E-state index in [1.165, 1.54) is 0 Å². The molecule has 222 valence electrons. The molecular formula is C32H40N6O4. The summed E-state index contributed by atoms with van der Waals surface area (Å²) in [5.74, 6) is -1.25. The number of fused-ring (bicyclic) bond motifs is 1. The van der Waals surface area contributed by atoms with Crippen LogP contribution in [0.5, 0.6) is 0 Å². The Morgan fingerprint density at radius 3 is 2.55 bits per heavy atom. The Labute approximate surface area is 246 Å². The number of esters is 1. The van der Waals surface area contributed by atoms with Gasteiger partial charge in [-0.3, -0.25) is 19.4 Å². The Hall–Kier alpha value is -4.44. The highest BCUT2D eigenvalue weighted by Crippen LogP contribution is 2.22. The molecule has 3 atom stereocenters. The molecule has 1 aliphatic rings. The van der Waals surface area contributed by atoms with E-state index in [-0.39, 0.29) is 42.9 Å². The van der Waals surface area contributed by atoms with E-state index in [2.05, 4.69) is 15.6 Å². The van der Waals surface area contributed by atoms with Gasteiger partial charge in [0, 0.05) is 37.8 Å². The molecule has 0 aliphatic carbocycles. The van der Waals surface area contributed by atoms with Gasteiger partial charge in [-0.2, -0.15) is 0 Å². The maximum absolute atomic E-state index is 13.8. The first-order valence-electron chi connectivity index (χ1n) is 14.4.